The maximum absolute atomic E-state index is 11.9. The van der Waals surface area contributed by atoms with E-state index in [1.54, 1.807) is 6.07 Å². The van der Waals surface area contributed by atoms with E-state index < -0.39 is 5.41 Å². The van der Waals surface area contributed by atoms with Gasteiger partial charge in [-0.1, -0.05) is 33.8 Å². The number of methoxy groups -OCH3 is 1. The fourth-order valence-corrected chi connectivity index (χ4v) is 2.21. The van der Waals surface area contributed by atoms with E-state index in [1.807, 2.05) is 40.7 Å². The number of esters is 1. The second kappa shape index (κ2) is 6.07. The first-order valence-electron chi connectivity index (χ1n) is 6.88. The molecule has 1 aromatic carbocycles. The Morgan fingerprint density at radius 3 is 2.45 bits per heavy atom. The molecule has 1 aliphatic heterocycles. The van der Waals surface area contributed by atoms with Crippen molar-refractivity contribution in [3.05, 3.63) is 28.8 Å². The van der Waals surface area contributed by atoms with E-state index in [-0.39, 0.29) is 11.9 Å². The minimum Gasteiger partial charge on any atom is -0.465 e. The first-order valence-corrected chi connectivity index (χ1v) is 6.88. The molecule has 0 bridgehead atoms. The number of carbonyl (C=O) groups excluding carboxylic acids is 2. The number of carbonyl (C=O) groups is 2. The number of amides is 1. The maximum atomic E-state index is 11.9. The van der Waals surface area contributed by atoms with Gasteiger partial charge in [-0.3, -0.25) is 4.79 Å². The molecule has 2 rings (SSSR count). The summed E-state index contributed by atoms with van der Waals surface area (Å²) in [7, 11) is 1.35. The van der Waals surface area contributed by atoms with Crippen molar-refractivity contribution in [3.8, 4) is 0 Å². The van der Waals surface area contributed by atoms with Crippen molar-refractivity contribution < 1.29 is 14.3 Å². The van der Waals surface area contributed by atoms with Gasteiger partial charge in [0, 0.05) is 11.1 Å². The maximum Gasteiger partial charge on any atom is 0.338 e. The quantitative estimate of drug-likeness (QED) is 0.801. The van der Waals surface area contributed by atoms with E-state index in [2.05, 4.69) is 5.32 Å². The average molecular weight is 277 g/mol. The van der Waals surface area contributed by atoms with Crippen LogP contribution in [0.4, 0.5) is 5.69 Å². The van der Waals surface area contributed by atoms with Crippen LogP contribution in [0.3, 0.4) is 0 Å². The summed E-state index contributed by atoms with van der Waals surface area (Å²) in [5.74, 6) is -0.399. The fourth-order valence-electron chi connectivity index (χ4n) is 2.21. The van der Waals surface area contributed by atoms with Crippen molar-refractivity contribution in [2.24, 2.45) is 5.41 Å². The third kappa shape index (κ3) is 3.00. The molecule has 1 heterocycles. The summed E-state index contributed by atoms with van der Waals surface area (Å²) in [5.41, 5.74) is 2.73. The minimum atomic E-state index is -0.410. The van der Waals surface area contributed by atoms with Crippen molar-refractivity contribution in [1.29, 1.82) is 0 Å². The van der Waals surface area contributed by atoms with Gasteiger partial charge in [0.1, 0.15) is 0 Å². The van der Waals surface area contributed by atoms with Crippen LogP contribution in [0.1, 0.15) is 49.2 Å². The van der Waals surface area contributed by atoms with Gasteiger partial charge in [0.05, 0.1) is 12.7 Å². The Labute approximate surface area is 120 Å². The third-order valence-electron chi connectivity index (χ3n) is 3.35. The largest absolute Gasteiger partial charge is 0.465 e. The number of rotatable bonds is 1. The fraction of sp³-hybridized carbons (Fsp3) is 0.500. The van der Waals surface area contributed by atoms with Gasteiger partial charge in [0.15, 0.2) is 0 Å². The van der Waals surface area contributed by atoms with E-state index in [0.717, 1.165) is 11.1 Å². The number of nitrogens with one attached hydrogen (secondary N) is 1. The highest BCUT2D eigenvalue weighted by Crippen LogP contribution is 2.34. The second-order valence-electron chi connectivity index (χ2n) is 5.33. The summed E-state index contributed by atoms with van der Waals surface area (Å²) >= 11 is 0. The Hall–Kier alpha value is -1.84. The molecule has 0 unspecified atom stereocenters. The van der Waals surface area contributed by atoms with Crippen molar-refractivity contribution in [2.75, 3.05) is 12.4 Å². The number of anilines is 1. The predicted molar refractivity (Wildman–Crippen MR) is 80.0 cm³/mol. The van der Waals surface area contributed by atoms with Gasteiger partial charge in [-0.15, -0.1) is 0 Å². The smallest absolute Gasteiger partial charge is 0.338 e. The lowest BCUT2D eigenvalue weighted by molar-refractivity contribution is -0.124. The Morgan fingerprint density at radius 1 is 1.30 bits per heavy atom. The van der Waals surface area contributed by atoms with Gasteiger partial charge in [-0.2, -0.15) is 0 Å². The summed E-state index contributed by atoms with van der Waals surface area (Å²) in [6.07, 6.45) is 0.677. The molecule has 0 fully saturated rings. The van der Waals surface area contributed by atoms with Crippen LogP contribution in [0.25, 0.3) is 0 Å². The Morgan fingerprint density at radius 2 is 1.90 bits per heavy atom. The number of hydrogen-bond acceptors (Lipinski definition) is 3. The number of aryl methyl sites for hydroxylation is 1. The van der Waals surface area contributed by atoms with Gasteiger partial charge < -0.3 is 10.1 Å². The van der Waals surface area contributed by atoms with Crippen molar-refractivity contribution in [2.45, 2.75) is 41.0 Å². The lowest BCUT2D eigenvalue weighted by Gasteiger charge is -2.31. The molecule has 0 aliphatic carbocycles. The van der Waals surface area contributed by atoms with Crippen LogP contribution < -0.4 is 5.32 Å². The zero-order chi connectivity index (χ0) is 15.5. The van der Waals surface area contributed by atoms with E-state index in [0.29, 0.717) is 17.7 Å². The number of benzene rings is 1. The number of ether oxygens (including phenoxy) is 1. The Balaban J connectivity index is 0.000000956. The standard InChI is InChI=1S/C14H17NO3.C2H6/c1-8-5-9-7-14(2,3)13(17)15-11(9)6-10(8)12(16)18-4;1-2/h5-6H,7H2,1-4H3,(H,15,17);1-2H3. The van der Waals surface area contributed by atoms with Crippen LogP contribution in [0.15, 0.2) is 12.1 Å². The van der Waals surface area contributed by atoms with E-state index in [9.17, 15) is 9.59 Å². The monoisotopic (exact) mass is 277 g/mol. The highest BCUT2D eigenvalue weighted by molar-refractivity contribution is 6.00. The lowest BCUT2D eigenvalue weighted by atomic mass is 9.80. The van der Waals surface area contributed by atoms with Crippen LogP contribution in [0, 0.1) is 12.3 Å². The molecule has 110 valence electrons. The average Bonchev–Trinajstić information content (AvgIpc) is 2.41. The molecule has 0 saturated carbocycles. The molecule has 0 atom stereocenters. The predicted octanol–water partition coefficient (Wildman–Crippen LogP) is 3.33. The molecule has 0 aromatic heterocycles. The normalized spacial score (nSPS) is 15.4. The summed E-state index contributed by atoms with van der Waals surface area (Å²) in [4.78, 5) is 23.5. The first kappa shape index (κ1) is 16.2. The van der Waals surface area contributed by atoms with Gasteiger partial charge >= 0.3 is 5.97 Å². The Kier molecular flexibility index (Phi) is 4.93. The van der Waals surface area contributed by atoms with Crippen molar-refractivity contribution >= 4 is 17.6 Å². The van der Waals surface area contributed by atoms with Gasteiger partial charge in [0.25, 0.3) is 0 Å². The van der Waals surface area contributed by atoms with Crippen LogP contribution in [0.2, 0.25) is 0 Å². The zero-order valence-electron chi connectivity index (χ0n) is 13.1. The molecule has 0 radical (unpaired) electrons. The molecular formula is C16H23NO3. The lowest BCUT2D eigenvalue weighted by Crippen LogP contribution is -2.37. The third-order valence-corrected chi connectivity index (χ3v) is 3.35. The molecule has 1 aliphatic rings. The van der Waals surface area contributed by atoms with Gasteiger partial charge in [0.2, 0.25) is 5.91 Å². The summed E-state index contributed by atoms with van der Waals surface area (Å²) in [6.45, 7) is 9.69. The molecule has 4 heteroatoms. The molecule has 0 spiro atoms. The van der Waals surface area contributed by atoms with Gasteiger partial charge in [-0.05, 0) is 30.5 Å². The molecule has 1 amide bonds. The number of fused-ring (bicyclic) bond motifs is 1. The molecule has 20 heavy (non-hydrogen) atoms. The molecule has 1 N–H and O–H groups in total. The highest BCUT2D eigenvalue weighted by atomic mass is 16.5. The minimum absolute atomic E-state index is 0.0188. The van der Waals surface area contributed by atoms with Gasteiger partial charge in [-0.25, -0.2) is 4.79 Å². The summed E-state index contributed by atoms with van der Waals surface area (Å²) in [5, 5.41) is 2.85. The topological polar surface area (TPSA) is 55.4 Å². The van der Waals surface area contributed by atoms with Crippen LogP contribution >= 0.6 is 0 Å². The zero-order valence-corrected chi connectivity index (χ0v) is 13.1. The van der Waals surface area contributed by atoms with Crippen LogP contribution in [0.5, 0.6) is 0 Å². The molecular weight excluding hydrogens is 254 g/mol. The first-order chi connectivity index (χ1) is 9.35. The van der Waals surface area contributed by atoms with E-state index >= 15 is 0 Å². The Bertz CT molecular complexity index is 533. The second-order valence-corrected chi connectivity index (χ2v) is 5.33. The summed E-state index contributed by atoms with van der Waals surface area (Å²) < 4.78 is 4.72. The summed E-state index contributed by atoms with van der Waals surface area (Å²) in [6, 6.07) is 3.65. The van der Waals surface area contributed by atoms with Crippen LogP contribution in [-0.2, 0) is 16.0 Å². The van der Waals surface area contributed by atoms with E-state index in [1.165, 1.54) is 7.11 Å². The van der Waals surface area contributed by atoms with Crippen molar-refractivity contribution in [3.63, 3.8) is 0 Å². The highest BCUT2D eigenvalue weighted by Gasteiger charge is 2.34. The van der Waals surface area contributed by atoms with Crippen molar-refractivity contribution in [1.82, 2.24) is 0 Å². The molecule has 1 aromatic rings. The molecule has 0 saturated heterocycles. The van der Waals surface area contributed by atoms with Crippen LogP contribution in [-0.4, -0.2) is 19.0 Å². The van der Waals surface area contributed by atoms with E-state index in [4.69, 9.17) is 4.74 Å². The number of hydrogen-bond donors (Lipinski definition) is 1. The molecule has 4 nitrogen and oxygen atoms in total. The SMILES string of the molecule is CC.COC(=O)c1cc2c(cc1C)CC(C)(C)C(=O)N2.